The van der Waals surface area contributed by atoms with Crippen molar-refractivity contribution in [1.29, 1.82) is 0 Å². The molecule has 0 saturated carbocycles. The maximum absolute atomic E-state index is 12.4. The van der Waals surface area contributed by atoms with E-state index in [9.17, 15) is 34.4 Å². The van der Waals surface area contributed by atoms with Gasteiger partial charge in [-0.1, -0.05) is 18.7 Å². The number of unbranched alkanes of at least 4 members (excludes halogenated alkanes) is 1. The minimum absolute atomic E-state index is 0.0870. The molecule has 12 heteroatoms. The fraction of sp³-hybridized carbons (Fsp3) is 0.765. The van der Waals surface area contributed by atoms with Gasteiger partial charge in [-0.05, 0) is 32.6 Å². The molecule has 29 heavy (non-hydrogen) atoms. The molecule has 1 aliphatic rings. The second-order valence-corrected chi connectivity index (χ2v) is 7.89. The molecule has 0 aromatic heterocycles. The molecular formula is C17H27N3O8S. The Hall–Kier alpha value is -2.37. The van der Waals surface area contributed by atoms with Crippen molar-refractivity contribution in [3.63, 3.8) is 0 Å². The average molecular weight is 433 g/mol. The fourth-order valence-corrected chi connectivity index (χ4v) is 3.74. The lowest BCUT2D eigenvalue weighted by Crippen LogP contribution is -2.43. The zero-order valence-electron chi connectivity index (χ0n) is 16.5. The topological polar surface area (TPSA) is 156 Å². The number of aliphatic carboxylic acids is 1. The first-order valence-electron chi connectivity index (χ1n) is 9.40. The predicted octanol–water partition coefficient (Wildman–Crippen LogP) is 0.841. The van der Waals surface area contributed by atoms with Crippen molar-refractivity contribution < 1.29 is 34.2 Å². The Morgan fingerprint density at radius 3 is 2.62 bits per heavy atom. The summed E-state index contributed by atoms with van der Waals surface area (Å²) in [6.45, 7) is 3.50. The smallest absolute Gasteiger partial charge is 0.326 e. The molecule has 11 nitrogen and oxygen atoms in total. The Balaban J connectivity index is 2.31. The van der Waals surface area contributed by atoms with Crippen molar-refractivity contribution in [1.82, 2.24) is 10.2 Å². The van der Waals surface area contributed by atoms with Crippen LogP contribution in [0.25, 0.3) is 0 Å². The first-order valence-corrected chi connectivity index (χ1v) is 10.4. The molecule has 1 fully saturated rings. The van der Waals surface area contributed by atoms with Crippen LogP contribution in [0.5, 0.6) is 0 Å². The third-order valence-electron chi connectivity index (χ3n) is 4.44. The second kappa shape index (κ2) is 12.2. The monoisotopic (exact) mass is 433 g/mol. The summed E-state index contributed by atoms with van der Waals surface area (Å²) in [6.07, 6.45) is 1.92. The van der Waals surface area contributed by atoms with E-state index in [2.05, 4.69) is 10.2 Å². The van der Waals surface area contributed by atoms with E-state index >= 15 is 0 Å². The van der Waals surface area contributed by atoms with Crippen LogP contribution in [0.3, 0.4) is 0 Å². The Morgan fingerprint density at radius 2 is 2.00 bits per heavy atom. The number of hydrogen-bond donors (Lipinski definition) is 2. The molecular weight excluding hydrogens is 406 g/mol. The molecule has 0 bridgehead atoms. The molecule has 0 radical (unpaired) electrons. The Labute approximate surface area is 172 Å². The number of carboxylic acids is 1. The number of rotatable bonds is 12. The highest BCUT2D eigenvalue weighted by Gasteiger charge is 2.36. The van der Waals surface area contributed by atoms with Crippen LogP contribution in [0.1, 0.15) is 46.0 Å². The highest BCUT2D eigenvalue weighted by Crippen LogP contribution is 2.22. The Bertz CT molecular complexity index is 630. The van der Waals surface area contributed by atoms with E-state index in [1.165, 1.54) is 11.8 Å². The van der Waals surface area contributed by atoms with Crippen LogP contribution in [0.2, 0.25) is 0 Å². The van der Waals surface area contributed by atoms with Gasteiger partial charge in [0, 0.05) is 24.6 Å². The van der Waals surface area contributed by atoms with Crippen LogP contribution >= 0.6 is 11.8 Å². The maximum atomic E-state index is 12.4. The summed E-state index contributed by atoms with van der Waals surface area (Å²) in [4.78, 5) is 63.2. The van der Waals surface area contributed by atoms with Crippen LogP contribution < -0.4 is 5.32 Å². The Morgan fingerprint density at radius 1 is 1.31 bits per heavy atom. The van der Waals surface area contributed by atoms with Gasteiger partial charge in [0.05, 0.1) is 12.6 Å². The van der Waals surface area contributed by atoms with Gasteiger partial charge in [-0.3, -0.25) is 14.4 Å². The lowest BCUT2D eigenvalue weighted by atomic mass is 10.1. The van der Waals surface area contributed by atoms with Crippen molar-refractivity contribution in [3.05, 3.63) is 10.1 Å². The van der Waals surface area contributed by atoms with Crippen LogP contribution in [0.4, 0.5) is 0 Å². The van der Waals surface area contributed by atoms with Crippen molar-refractivity contribution >= 4 is 34.7 Å². The van der Waals surface area contributed by atoms with E-state index in [4.69, 9.17) is 0 Å². The maximum Gasteiger partial charge on any atom is 0.326 e. The van der Waals surface area contributed by atoms with Crippen LogP contribution in [-0.4, -0.2) is 69.0 Å². The number of thioether (sulfide) groups is 1. The van der Waals surface area contributed by atoms with Crippen molar-refractivity contribution in [2.75, 3.05) is 18.9 Å². The van der Waals surface area contributed by atoms with Gasteiger partial charge in [0.2, 0.25) is 16.9 Å². The fourth-order valence-electron chi connectivity index (χ4n) is 2.87. The largest absolute Gasteiger partial charge is 0.480 e. The second-order valence-electron chi connectivity index (χ2n) is 6.86. The van der Waals surface area contributed by atoms with Crippen LogP contribution in [-0.2, 0) is 24.0 Å². The SMILES string of the molecule is CC(NC(=O)CCCCO[N+](=O)[O-])C(=O)SC[C@@H](C)C(=O)N1CCC[C@H]1C(=O)O. The predicted molar refractivity (Wildman–Crippen MR) is 103 cm³/mol. The number of carbonyl (C=O) groups is 4. The van der Waals surface area contributed by atoms with Gasteiger partial charge in [-0.15, -0.1) is 10.1 Å². The summed E-state index contributed by atoms with van der Waals surface area (Å²) in [5.74, 6) is -1.98. The molecule has 1 aliphatic heterocycles. The Kier molecular flexibility index (Phi) is 10.4. The van der Waals surface area contributed by atoms with Gasteiger partial charge in [0.1, 0.15) is 6.04 Å². The molecule has 0 aliphatic carbocycles. The van der Waals surface area contributed by atoms with E-state index in [0.717, 1.165) is 11.8 Å². The summed E-state index contributed by atoms with van der Waals surface area (Å²) < 4.78 is 0. The van der Waals surface area contributed by atoms with Gasteiger partial charge in [-0.2, -0.15) is 0 Å². The molecule has 1 rings (SSSR count). The van der Waals surface area contributed by atoms with E-state index in [1.807, 2.05) is 0 Å². The summed E-state index contributed by atoms with van der Waals surface area (Å²) in [7, 11) is 0. The number of likely N-dealkylation sites (tertiary alicyclic amines) is 1. The molecule has 0 aromatic rings. The standard InChI is InChI=1S/C17H27N3O8S/c1-11(15(22)19-8-5-6-13(19)16(23)24)10-29-17(25)12(2)18-14(21)7-3-4-9-28-20(26)27/h11-13H,3-10H2,1-2H3,(H,18,21)(H,23,24)/t11-,12?,13+/m1/s1. The molecule has 1 unspecified atom stereocenters. The van der Waals surface area contributed by atoms with Crippen molar-refractivity contribution in [3.8, 4) is 0 Å². The third-order valence-corrected chi connectivity index (χ3v) is 5.75. The first kappa shape index (κ1) is 24.7. The van der Waals surface area contributed by atoms with E-state index < -0.39 is 29.1 Å². The summed E-state index contributed by atoms with van der Waals surface area (Å²) in [5, 5.41) is 20.5. The van der Waals surface area contributed by atoms with Crippen LogP contribution in [0.15, 0.2) is 0 Å². The normalized spacial score (nSPS) is 18.0. The molecule has 2 amide bonds. The number of amides is 2. The first-order chi connectivity index (χ1) is 13.6. The van der Waals surface area contributed by atoms with E-state index in [0.29, 0.717) is 32.2 Å². The summed E-state index contributed by atoms with van der Waals surface area (Å²) in [6, 6.07) is -1.55. The van der Waals surface area contributed by atoms with Gasteiger partial charge in [-0.25, -0.2) is 4.79 Å². The molecule has 1 saturated heterocycles. The highest BCUT2D eigenvalue weighted by molar-refractivity contribution is 8.13. The number of nitrogens with zero attached hydrogens (tertiary/aromatic N) is 2. The number of carboxylic acid groups (broad SMARTS) is 1. The summed E-state index contributed by atoms with van der Waals surface area (Å²) in [5.41, 5.74) is 0. The van der Waals surface area contributed by atoms with E-state index in [1.54, 1.807) is 6.92 Å². The third kappa shape index (κ3) is 8.67. The quantitative estimate of drug-likeness (QED) is 0.258. The van der Waals surface area contributed by atoms with Gasteiger partial charge in [0.15, 0.2) is 0 Å². The van der Waals surface area contributed by atoms with Gasteiger partial charge < -0.3 is 20.2 Å². The van der Waals surface area contributed by atoms with Gasteiger partial charge in [0.25, 0.3) is 5.09 Å². The molecule has 2 N–H and O–H groups in total. The number of carbonyl (C=O) groups excluding carboxylic acids is 3. The minimum atomic E-state index is -1.02. The van der Waals surface area contributed by atoms with Crippen molar-refractivity contribution in [2.45, 2.75) is 58.0 Å². The van der Waals surface area contributed by atoms with Crippen molar-refractivity contribution in [2.24, 2.45) is 5.92 Å². The zero-order valence-corrected chi connectivity index (χ0v) is 17.3. The molecule has 0 aromatic carbocycles. The number of hydrogen-bond acceptors (Lipinski definition) is 8. The van der Waals surface area contributed by atoms with Gasteiger partial charge >= 0.3 is 5.97 Å². The van der Waals surface area contributed by atoms with E-state index in [-0.39, 0.29) is 35.7 Å². The zero-order chi connectivity index (χ0) is 22.0. The molecule has 3 atom stereocenters. The molecule has 0 spiro atoms. The number of nitrogens with one attached hydrogen (secondary N) is 1. The minimum Gasteiger partial charge on any atom is -0.480 e. The average Bonchev–Trinajstić information content (AvgIpc) is 3.14. The lowest BCUT2D eigenvalue weighted by molar-refractivity contribution is -0.757. The highest BCUT2D eigenvalue weighted by atomic mass is 32.2. The van der Waals surface area contributed by atoms with Crippen LogP contribution in [0, 0.1) is 16.0 Å². The molecule has 1 heterocycles. The lowest BCUT2D eigenvalue weighted by Gasteiger charge is -2.24. The molecule has 164 valence electrons. The summed E-state index contributed by atoms with van der Waals surface area (Å²) >= 11 is 0.923.